The van der Waals surface area contributed by atoms with Crippen molar-refractivity contribution >= 4 is 16.8 Å². The fourth-order valence-electron chi connectivity index (χ4n) is 3.79. The highest BCUT2D eigenvalue weighted by atomic mass is 16.5. The number of pyridine rings is 1. The Hall–Kier alpha value is -4.27. The Kier molecular flexibility index (Phi) is 6.50. The fraction of sp³-hybridized carbons (Fsp3) is 0.269. The topological polar surface area (TPSA) is 137 Å². The first-order chi connectivity index (χ1) is 16.7. The van der Waals surface area contributed by atoms with Gasteiger partial charge in [0.2, 0.25) is 0 Å². The highest BCUT2D eigenvalue weighted by Gasteiger charge is 2.21. The Morgan fingerprint density at radius 1 is 1.09 bits per heavy atom. The van der Waals surface area contributed by atoms with Crippen molar-refractivity contribution in [2.45, 2.75) is 46.8 Å². The zero-order chi connectivity index (χ0) is 25.3. The van der Waals surface area contributed by atoms with Crippen molar-refractivity contribution in [1.29, 1.82) is 5.41 Å². The number of nitrogens with two attached hydrogens (primary N) is 1. The number of nitrogens with one attached hydrogen (secondary N) is 1. The number of rotatable bonds is 7. The third kappa shape index (κ3) is 4.84. The van der Waals surface area contributed by atoms with Crippen LogP contribution in [0.5, 0.6) is 11.8 Å². The fourth-order valence-corrected chi connectivity index (χ4v) is 3.79. The number of aromatic nitrogens is 3. The van der Waals surface area contributed by atoms with Crippen LogP contribution in [0.25, 0.3) is 22.3 Å². The molecule has 0 fully saturated rings. The van der Waals surface area contributed by atoms with Gasteiger partial charge in [0.05, 0.1) is 17.1 Å². The van der Waals surface area contributed by atoms with Gasteiger partial charge in [-0.15, -0.1) is 0 Å². The Morgan fingerprint density at radius 3 is 2.46 bits per heavy atom. The van der Waals surface area contributed by atoms with Crippen LogP contribution in [0.3, 0.4) is 0 Å². The number of benzene rings is 1. The summed E-state index contributed by atoms with van der Waals surface area (Å²) in [5.74, 6) is 0.545. The Labute approximate surface area is 202 Å². The van der Waals surface area contributed by atoms with Crippen molar-refractivity contribution in [3.05, 3.63) is 75.5 Å². The molecule has 3 aromatic heterocycles. The van der Waals surface area contributed by atoms with Crippen LogP contribution in [0.4, 0.5) is 0 Å². The van der Waals surface area contributed by atoms with Gasteiger partial charge in [-0.05, 0) is 64.4 Å². The molecule has 0 amide bonds. The van der Waals surface area contributed by atoms with Crippen LogP contribution in [-0.2, 0) is 0 Å². The number of hydrogen-bond acceptors (Lipinski definition) is 8. The van der Waals surface area contributed by atoms with Crippen LogP contribution in [0.2, 0.25) is 0 Å². The van der Waals surface area contributed by atoms with E-state index in [2.05, 4.69) is 15.0 Å². The van der Waals surface area contributed by atoms with Gasteiger partial charge in [0, 0.05) is 29.7 Å². The smallest absolute Gasteiger partial charge is 0.316 e. The molecule has 35 heavy (non-hydrogen) atoms. The number of fused-ring (bicyclic) bond motifs is 1. The number of hydrogen-bond donors (Lipinski definition) is 2. The van der Waals surface area contributed by atoms with Gasteiger partial charge in [-0.1, -0.05) is 0 Å². The minimum Gasteiger partial charge on any atom is -0.483 e. The van der Waals surface area contributed by atoms with Crippen LogP contribution < -0.4 is 20.6 Å². The van der Waals surface area contributed by atoms with E-state index in [1.165, 1.54) is 0 Å². The van der Waals surface area contributed by atoms with E-state index in [0.717, 1.165) is 5.56 Å². The van der Waals surface area contributed by atoms with Crippen LogP contribution in [-0.4, -0.2) is 26.9 Å². The molecule has 0 saturated heterocycles. The molecule has 1 aromatic carbocycles. The molecule has 9 nitrogen and oxygen atoms in total. The van der Waals surface area contributed by atoms with Crippen molar-refractivity contribution in [2.24, 2.45) is 5.73 Å². The van der Waals surface area contributed by atoms with Gasteiger partial charge in [0.1, 0.15) is 34.7 Å². The molecule has 3 N–H and O–H groups in total. The van der Waals surface area contributed by atoms with E-state index in [1.54, 1.807) is 43.7 Å². The molecule has 0 spiro atoms. The summed E-state index contributed by atoms with van der Waals surface area (Å²) in [5, 5.41) is 8.23. The molecule has 0 unspecified atom stereocenters. The van der Waals surface area contributed by atoms with Crippen LogP contribution in [0, 0.1) is 19.3 Å². The van der Waals surface area contributed by atoms with Crippen molar-refractivity contribution in [3.63, 3.8) is 0 Å². The van der Waals surface area contributed by atoms with Gasteiger partial charge in [-0.2, -0.15) is 0 Å². The summed E-state index contributed by atoms with van der Waals surface area (Å²) < 4.78 is 18.0. The molecule has 0 bridgehead atoms. The predicted octanol–water partition coefficient (Wildman–Crippen LogP) is 4.47. The molecular weight excluding hydrogens is 446 g/mol. The number of ether oxygens (including phenoxy) is 2. The summed E-state index contributed by atoms with van der Waals surface area (Å²) in [5.41, 5.74) is 8.75. The third-order valence-electron chi connectivity index (χ3n) is 5.39. The van der Waals surface area contributed by atoms with Crippen LogP contribution >= 0.6 is 0 Å². The van der Waals surface area contributed by atoms with Crippen molar-refractivity contribution in [1.82, 2.24) is 15.0 Å². The minimum atomic E-state index is -0.531. The summed E-state index contributed by atoms with van der Waals surface area (Å²) in [6.07, 6.45) is 4.10. The summed E-state index contributed by atoms with van der Waals surface area (Å²) in [4.78, 5) is 26.0. The molecule has 4 aromatic rings. The van der Waals surface area contributed by atoms with E-state index in [9.17, 15) is 4.79 Å². The lowest BCUT2D eigenvalue weighted by atomic mass is 10.0. The second kappa shape index (κ2) is 9.54. The van der Waals surface area contributed by atoms with E-state index in [1.807, 2.05) is 33.8 Å². The third-order valence-corrected chi connectivity index (χ3v) is 5.39. The van der Waals surface area contributed by atoms with Crippen LogP contribution in [0.1, 0.15) is 49.3 Å². The minimum absolute atomic E-state index is 0.0585. The maximum Gasteiger partial charge on any atom is 0.316 e. The SMILES string of the molecule is Cc1cc([C@@H](C)Oc2cccnc2C(=N)N)c2oc(-c3cnc(OC(C)C)nc3)c(C)c(=O)c2c1. The highest BCUT2D eigenvalue weighted by Crippen LogP contribution is 2.33. The first-order valence-electron chi connectivity index (χ1n) is 11.2. The van der Waals surface area contributed by atoms with E-state index >= 15 is 0 Å². The molecule has 3 heterocycles. The quantitative estimate of drug-likeness (QED) is 0.296. The van der Waals surface area contributed by atoms with Gasteiger partial charge in [0.15, 0.2) is 5.43 Å². The number of nitrogens with zero attached hydrogens (tertiary/aromatic N) is 3. The van der Waals surface area contributed by atoms with Gasteiger partial charge >= 0.3 is 6.01 Å². The summed E-state index contributed by atoms with van der Waals surface area (Å²) in [6.45, 7) is 9.25. The molecule has 4 rings (SSSR count). The number of nitrogen functional groups attached to an aromatic ring is 1. The van der Waals surface area contributed by atoms with E-state index < -0.39 is 6.10 Å². The molecule has 9 heteroatoms. The van der Waals surface area contributed by atoms with Gasteiger partial charge in [-0.25, -0.2) is 15.0 Å². The number of aryl methyl sites for hydroxylation is 1. The van der Waals surface area contributed by atoms with E-state index in [0.29, 0.717) is 39.2 Å². The second-order valence-electron chi connectivity index (χ2n) is 8.56. The first-order valence-corrected chi connectivity index (χ1v) is 11.2. The monoisotopic (exact) mass is 473 g/mol. The molecule has 180 valence electrons. The number of amidine groups is 1. The highest BCUT2D eigenvalue weighted by molar-refractivity contribution is 5.95. The average molecular weight is 474 g/mol. The Morgan fingerprint density at radius 2 is 1.80 bits per heavy atom. The van der Waals surface area contributed by atoms with E-state index in [-0.39, 0.29) is 29.1 Å². The molecule has 0 aliphatic carbocycles. The van der Waals surface area contributed by atoms with Gasteiger partial charge < -0.3 is 19.6 Å². The lowest BCUT2D eigenvalue weighted by molar-refractivity contribution is 0.222. The van der Waals surface area contributed by atoms with Crippen molar-refractivity contribution in [3.8, 4) is 23.1 Å². The first kappa shape index (κ1) is 23.9. The molecule has 1 atom stereocenters. The lowest BCUT2D eigenvalue weighted by Gasteiger charge is -2.19. The molecule has 0 radical (unpaired) electrons. The van der Waals surface area contributed by atoms with Crippen molar-refractivity contribution < 1.29 is 13.9 Å². The molecule has 0 saturated carbocycles. The second-order valence-corrected chi connectivity index (χ2v) is 8.56. The Bertz CT molecular complexity index is 1460. The zero-order valence-corrected chi connectivity index (χ0v) is 20.2. The maximum atomic E-state index is 13.3. The average Bonchev–Trinajstić information content (AvgIpc) is 2.81. The van der Waals surface area contributed by atoms with Gasteiger partial charge in [0.25, 0.3) is 0 Å². The van der Waals surface area contributed by atoms with E-state index in [4.69, 9.17) is 25.0 Å². The van der Waals surface area contributed by atoms with Gasteiger partial charge in [-0.3, -0.25) is 10.2 Å². The lowest BCUT2D eigenvalue weighted by Crippen LogP contribution is -2.16. The Balaban J connectivity index is 1.83. The summed E-state index contributed by atoms with van der Waals surface area (Å²) in [7, 11) is 0. The molecule has 0 aliphatic rings. The summed E-state index contributed by atoms with van der Waals surface area (Å²) >= 11 is 0. The largest absolute Gasteiger partial charge is 0.483 e. The predicted molar refractivity (Wildman–Crippen MR) is 133 cm³/mol. The standard InChI is InChI=1S/C26H27N5O4/c1-13(2)33-26-30-11-17(12-31-26)23-15(4)22(32)19-10-14(3)9-18(24(19)35-23)16(5)34-20-7-6-8-29-21(20)25(27)28/h6-13,16H,1-5H3,(H3,27,28)/t16-/m1/s1. The molecular formula is C26H27N5O4. The van der Waals surface area contributed by atoms with Crippen LogP contribution in [0.15, 0.2) is 52.1 Å². The normalized spacial score (nSPS) is 12.1. The maximum absolute atomic E-state index is 13.3. The zero-order valence-electron chi connectivity index (χ0n) is 20.2. The molecule has 0 aliphatic heterocycles. The summed E-state index contributed by atoms with van der Waals surface area (Å²) in [6, 6.07) is 7.37. The van der Waals surface area contributed by atoms with Crippen molar-refractivity contribution in [2.75, 3.05) is 0 Å².